The molecule has 0 aliphatic carbocycles. The molecule has 0 spiro atoms. The van der Waals surface area contributed by atoms with Crippen molar-refractivity contribution in [3.63, 3.8) is 0 Å². The number of halogens is 1. The molecule has 0 unspecified atom stereocenters. The predicted molar refractivity (Wildman–Crippen MR) is 50.7 cm³/mol. The van der Waals surface area contributed by atoms with Crippen molar-refractivity contribution in [3.05, 3.63) is 47.1 Å². The van der Waals surface area contributed by atoms with Crippen molar-refractivity contribution in [3.8, 4) is 11.3 Å². The van der Waals surface area contributed by atoms with Crippen LogP contribution in [-0.2, 0) is 0 Å². The van der Waals surface area contributed by atoms with E-state index in [9.17, 15) is 0 Å². The van der Waals surface area contributed by atoms with Crippen molar-refractivity contribution >= 4 is 15.9 Å². The Labute approximate surface area is 79.2 Å². The molecule has 1 aromatic carbocycles. The van der Waals surface area contributed by atoms with E-state index in [0.29, 0.717) is 0 Å². The second-order valence-electron chi connectivity index (χ2n) is 2.42. The first-order chi connectivity index (χ1) is 5.86. The molecular weight excluding hydrogens is 216 g/mol. The first-order valence-electron chi connectivity index (χ1n) is 3.58. The average molecular weight is 222 g/mol. The van der Waals surface area contributed by atoms with E-state index in [4.69, 9.17) is 4.42 Å². The van der Waals surface area contributed by atoms with E-state index in [0.717, 1.165) is 15.8 Å². The fourth-order valence-electron chi connectivity index (χ4n) is 1.01. The van der Waals surface area contributed by atoms with Gasteiger partial charge in [0.1, 0.15) is 5.76 Å². The molecule has 0 atom stereocenters. The Hall–Kier alpha value is -1.02. The third-order valence-corrected chi connectivity index (χ3v) is 2.13. The van der Waals surface area contributed by atoms with Crippen LogP contribution in [0.1, 0.15) is 0 Å². The van der Waals surface area contributed by atoms with Gasteiger partial charge in [0.25, 0.3) is 0 Å². The van der Waals surface area contributed by atoms with Crippen molar-refractivity contribution in [1.82, 2.24) is 0 Å². The van der Waals surface area contributed by atoms with E-state index < -0.39 is 0 Å². The Balaban J connectivity index is 2.43. The summed E-state index contributed by atoms with van der Waals surface area (Å²) < 4.78 is 6.19. The van der Waals surface area contributed by atoms with Gasteiger partial charge in [-0.25, -0.2) is 0 Å². The van der Waals surface area contributed by atoms with Gasteiger partial charge in [0.05, 0.1) is 0 Å². The summed E-state index contributed by atoms with van der Waals surface area (Å²) in [6, 6.07) is 11.6. The van der Waals surface area contributed by atoms with Crippen molar-refractivity contribution in [2.24, 2.45) is 0 Å². The molecule has 59 valence electrons. The van der Waals surface area contributed by atoms with Crippen LogP contribution in [0.4, 0.5) is 0 Å². The van der Waals surface area contributed by atoms with Crippen LogP contribution in [0.3, 0.4) is 0 Å². The van der Waals surface area contributed by atoms with Crippen LogP contribution in [-0.4, -0.2) is 0 Å². The maximum atomic E-state index is 5.12. The number of benzene rings is 1. The average Bonchev–Trinajstić information content (AvgIpc) is 2.58. The number of hydrogen-bond acceptors (Lipinski definition) is 1. The minimum absolute atomic E-state index is 0.850. The Kier molecular flexibility index (Phi) is 2.00. The van der Waals surface area contributed by atoms with Gasteiger partial charge in [0, 0.05) is 10.0 Å². The third-order valence-electron chi connectivity index (χ3n) is 1.60. The molecule has 1 heterocycles. The van der Waals surface area contributed by atoms with E-state index in [-0.39, 0.29) is 0 Å². The summed E-state index contributed by atoms with van der Waals surface area (Å²) in [5.74, 6) is 0.850. The molecule has 0 aliphatic heterocycles. The molecule has 0 bridgehead atoms. The quantitative estimate of drug-likeness (QED) is 0.719. The monoisotopic (exact) mass is 221 g/mol. The molecule has 0 saturated carbocycles. The summed E-state index contributed by atoms with van der Waals surface area (Å²) in [7, 11) is 0. The molecule has 0 saturated heterocycles. The van der Waals surface area contributed by atoms with Crippen molar-refractivity contribution < 1.29 is 4.42 Å². The molecule has 1 radical (unpaired) electrons. The zero-order valence-electron chi connectivity index (χ0n) is 6.25. The Bertz CT molecular complexity index is 348. The highest BCUT2D eigenvalue weighted by molar-refractivity contribution is 9.10. The Morgan fingerprint density at radius 3 is 2.42 bits per heavy atom. The standard InChI is InChI=1S/C10H6BrO/c11-9-5-3-8(4-6-9)10-2-1-7-12-10/h1-6H. The van der Waals surface area contributed by atoms with Crippen LogP contribution >= 0.6 is 15.9 Å². The molecule has 12 heavy (non-hydrogen) atoms. The van der Waals surface area contributed by atoms with Gasteiger partial charge >= 0.3 is 0 Å². The molecule has 2 heteroatoms. The molecule has 2 rings (SSSR count). The predicted octanol–water partition coefficient (Wildman–Crippen LogP) is 3.51. The zero-order valence-corrected chi connectivity index (χ0v) is 7.84. The second-order valence-corrected chi connectivity index (χ2v) is 3.34. The van der Waals surface area contributed by atoms with Gasteiger partial charge in [-0.2, -0.15) is 0 Å². The lowest BCUT2D eigenvalue weighted by Crippen LogP contribution is -1.71. The van der Waals surface area contributed by atoms with Gasteiger partial charge in [-0.05, 0) is 24.3 Å². The maximum absolute atomic E-state index is 5.12. The highest BCUT2D eigenvalue weighted by Crippen LogP contribution is 2.21. The van der Waals surface area contributed by atoms with Crippen LogP contribution in [0.5, 0.6) is 0 Å². The SMILES string of the molecule is Brc1ccc(-c2cc[c]o2)cc1. The van der Waals surface area contributed by atoms with Crippen LogP contribution in [0.2, 0.25) is 0 Å². The largest absolute Gasteiger partial charge is 0.453 e. The lowest BCUT2D eigenvalue weighted by atomic mass is 10.2. The minimum atomic E-state index is 0.850. The lowest BCUT2D eigenvalue weighted by molar-refractivity contribution is 0.573. The molecule has 2 aromatic rings. The summed E-state index contributed by atoms with van der Waals surface area (Å²) in [6.07, 6.45) is 2.66. The fourth-order valence-corrected chi connectivity index (χ4v) is 1.27. The van der Waals surface area contributed by atoms with Gasteiger partial charge < -0.3 is 4.42 Å². The van der Waals surface area contributed by atoms with E-state index in [1.165, 1.54) is 0 Å². The molecular formula is C10H6BrO. The highest BCUT2D eigenvalue weighted by atomic mass is 79.9. The summed E-state index contributed by atoms with van der Waals surface area (Å²) in [6.45, 7) is 0. The third kappa shape index (κ3) is 1.43. The topological polar surface area (TPSA) is 13.1 Å². The van der Waals surface area contributed by atoms with Crippen LogP contribution in [0.15, 0.2) is 45.3 Å². The van der Waals surface area contributed by atoms with Crippen LogP contribution in [0, 0.1) is 6.26 Å². The summed E-state index contributed by atoms with van der Waals surface area (Å²) in [5, 5.41) is 0. The Morgan fingerprint density at radius 2 is 1.83 bits per heavy atom. The van der Waals surface area contributed by atoms with Crippen molar-refractivity contribution in [2.75, 3.05) is 0 Å². The highest BCUT2D eigenvalue weighted by Gasteiger charge is 1.98. The molecule has 1 aromatic heterocycles. The van der Waals surface area contributed by atoms with E-state index in [1.807, 2.05) is 30.3 Å². The molecule has 0 amide bonds. The van der Waals surface area contributed by atoms with Gasteiger partial charge in [0.15, 0.2) is 6.26 Å². The first kappa shape index (κ1) is 7.62. The van der Waals surface area contributed by atoms with Gasteiger partial charge in [0.2, 0.25) is 0 Å². The van der Waals surface area contributed by atoms with Gasteiger partial charge in [-0.15, -0.1) is 0 Å². The van der Waals surface area contributed by atoms with Crippen molar-refractivity contribution in [1.29, 1.82) is 0 Å². The summed E-state index contributed by atoms with van der Waals surface area (Å²) in [5.41, 5.74) is 1.07. The zero-order chi connectivity index (χ0) is 8.39. The van der Waals surface area contributed by atoms with Crippen LogP contribution in [0.25, 0.3) is 11.3 Å². The molecule has 0 fully saturated rings. The first-order valence-corrected chi connectivity index (χ1v) is 4.37. The van der Waals surface area contributed by atoms with E-state index in [1.54, 1.807) is 6.07 Å². The smallest absolute Gasteiger partial charge is 0.170 e. The van der Waals surface area contributed by atoms with Gasteiger partial charge in [-0.3, -0.25) is 0 Å². The number of hydrogen-bond donors (Lipinski definition) is 0. The van der Waals surface area contributed by atoms with Crippen LogP contribution < -0.4 is 0 Å². The number of furan rings is 1. The normalized spacial score (nSPS) is 10.1. The Morgan fingerprint density at radius 1 is 1.08 bits per heavy atom. The van der Waals surface area contributed by atoms with Crippen molar-refractivity contribution in [2.45, 2.75) is 0 Å². The maximum Gasteiger partial charge on any atom is 0.170 e. The summed E-state index contributed by atoms with van der Waals surface area (Å²) in [4.78, 5) is 0. The second kappa shape index (κ2) is 3.15. The lowest BCUT2D eigenvalue weighted by Gasteiger charge is -1.95. The number of rotatable bonds is 1. The van der Waals surface area contributed by atoms with E-state index >= 15 is 0 Å². The fraction of sp³-hybridized carbons (Fsp3) is 0. The minimum Gasteiger partial charge on any atom is -0.453 e. The van der Waals surface area contributed by atoms with E-state index in [2.05, 4.69) is 22.2 Å². The molecule has 0 N–H and O–H groups in total. The van der Waals surface area contributed by atoms with Gasteiger partial charge in [-0.1, -0.05) is 28.1 Å². The molecule has 0 aliphatic rings. The summed E-state index contributed by atoms with van der Waals surface area (Å²) >= 11 is 3.37. The molecule has 1 nitrogen and oxygen atoms in total.